The fourth-order valence-electron chi connectivity index (χ4n) is 3.09. The van der Waals surface area contributed by atoms with Crippen molar-refractivity contribution in [3.05, 3.63) is 16.0 Å². The van der Waals surface area contributed by atoms with Crippen molar-refractivity contribution in [2.24, 2.45) is 10.7 Å². The lowest BCUT2D eigenvalue weighted by atomic mass is 9.96. The van der Waals surface area contributed by atoms with E-state index < -0.39 is 5.91 Å². The summed E-state index contributed by atoms with van der Waals surface area (Å²) in [6.07, 6.45) is 6.89. The number of amides is 2. The summed E-state index contributed by atoms with van der Waals surface area (Å²) in [6, 6.07) is 0. The molecule has 2 aliphatic rings. The largest absolute Gasteiger partial charge is 0.365 e. The van der Waals surface area contributed by atoms with Crippen molar-refractivity contribution in [2.45, 2.75) is 44.9 Å². The molecule has 0 aromatic carbocycles. The molecular formula is C17H23N3O2S3. The number of aryl methyl sites for hydroxylation is 1. The number of carbonyl (C=O) groups is 2. The predicted octanol–water partition coefficient (Wildman–Crippen LogP) is 3.67. The van der Waals surface area contributed by atoms with Crippen molar-refractivity contribution in [1.29, 1.82) is 0 Å². The molecule has 0 saturated heterocycles. The van der Waals surface area contributed by atoms with Crippen LogP contribution in [0.3, 0.4) is 0 Å². The quantitative estimate of drug-likeness (QED) is 0.794. The van der Waals surface area contributed by atoms with Gasteiger partial charge in [-0.05, 0) is 31.2 Å². The Morgan fingerprint density at radius 3 is 2.72 bits per heavy atom. The van der Waals surface area contributed by atoms with Gasteiger partial charge >= 0.3 is 0 Å². The highest BCUT2D eigenvalue weighted by atomic mass is 32.2. The van der Waals surface area contributed by atoms with Crippen LogP contribution in [0.4, 0.5) is 5.00 Å². The molecule has 1 aromatic heterocycles. The molecule has 8 heteroatoms. The third-order valence-electron chi connectivity index (χ3n) is 4.28. The number of nitrogens with two attached hydrogens (primary N) is 1. The van der Waals surface area contributed by atoms with Gasteiger partial charge < -0.3 is 11.1 Å². The number of thiophene rings is 1. The first-order chi connectivity index (χ1) is 12.1. The van der Waals surface area contributed by atoms with Crippen LogP contribution in [0.2, 0.25) is 0 Å². The van der Waals surface area contributed by atoms with Crippen molar-refractivity contribution in [3.63, 3.8) is 0 Å². The first-order valence-corrected chi connectivity index (χ1v) is 11.5. The number of anilines is 1. The minimum Gasteiger partial charge on any atom is -0.365 e. The second kappa shape index (κ2) is 9.09. The Morgan fingerprint density at radius 2 is 2.00 bits per heavy atom. The fourth-order valence-corrected chi connectivity index (χ4v) is 6.42. The van der Waals surface area contributed by atoms with Crippen LogP contribution in [-0.4, -0.2) is 34.2 Å². The molecule has 5 nitrogen and oxygen atoms in total. The van der Waals surface area contributed by atoms with E-state index in [-0.39, 0.29) is 5.91 Å². The average Bonchev–Trinajstić information content (AvgIpc) is 3.16. The Kier molecular flexibility index (Phi) is 6.84. The lowest BCUT2D eigenvalue weighted by Gasteiger charge is -2.10. The van der Waals surface area contributed by atoms with Crippen molar-refractivity contribution in [3.8, 4) is 0 Å². The number of hydrogen-bond donors (Lipinski definition) is 2. The Hall–Kier alpha value is -0.990. The first kappa shape index (κ1) is 18.8. The predicted molar refractivity (Wildman–Crippen MR) is 109 cm³/mol. The highest BCUT2D eigenvalue weighted by Crippen LogP contribution is 2.37. The molecule has 3 N–H and O–H groups in total. The summed E-state index contributed by atoms with van der Waals surface area (Å²) in [5, 5.41) is 3.57. The van der Waals surface area contributed by atoms with Crippen molar-refractivity contribution < 1.29 is 9.59 Å². The summed E-state index contributed by atoms with van der Waals surface area (Å²) < 4.78 is 1.07. The van der Waals surface area contributed by atoms with Gasteiger partial charge in [-0.2, -0.15) is 0 Å². The molecule has 1 aliphatic carbocycles. The smallest absolute Gasteiger partial charge is 0.251 e. The molecule has 2 amide bonds. The van der Waals surface area contributed by atoms with E-state index in [9.17, 15) is 9.59 Å². The monoisotopic (exact) mass is 397 g/mol. The number of hydrogen-bond acceptors (Lipinski definition) is 6. The first-order valence-electron chi connectivity index (χ1n) is 8.69. The van der Waals surface area contributed by atoms with E-state index in [2.05, 4.69) is 10.3 Å². The van der Waals surface area contributed by atoms with E-state index >= 15 is 0 Å². The number of rotatable bonds is 5. The molecule has 3 rings (SSSR count). The van der Waals surface area contributed by atoms with E-state index in [4.69, 9.17) is 5.73 Å². The Balaban J connectivity index is 1.65. The molecule has 1 aromatic rings. The number of aliphatic imine (C=N–C) groups is 1. The lowest BCUT2D eigenvalue weighted by Crippen LogP contribution is -2.18. The maximum Gasteiger partial charge on any atom is 0.251 e. The molecular weight excluding hydrogens is 374 g/mol. The third kappa shape index (κ3) is 5.01. The minimum atomic E-state index is -0.431. The summed E-state index contributed by atoms with van der Waals surface area (Å²) in [7, 11) is 0. The highest BCUT2D eigenvalue weighted by Gasteiger charge is 2.23. The summed E-state index contributed by atoms with van der Waals surface area (Å²) in [6.45, 7) is 0.877. The van der Waals surface area contributed by atoms with E-state index in [0.717, 1.165) is 47.9 Å². The Labute approximate surface area is 160 Å². The molecule has 136 valence electrons. The molecule has 0 fully saturated rings. The van der Waals surface area contributed by atoms with Crippen LogP contribution in [0, 0.1) is 0 Å². The van der Waals surface area contributed by atoms with E-state index in [1.165, 1.54) is 29.1 Å². The molecule has 2 heterocycles. The fraction of sp³-hybridized carbons (Fsp3) is 0.588. The summed E-state index contributed by atoms with van der Waals surface area (Å²) in [5.41, 5.74) is 7.23. The van der Waals surface area contributed by atoms with Gasteiger partial charge in [0.25, 0.3) is 5.91 Å². The van der Waals surface area contributed by atoms with Crippen LogP contribution in [0.15, 0.2) is 4.99 Å². The molecule has 0 spiro atoms. The molecule has 0 unspecified atom stereocenters. The zero-order valence-electron chi connectivity index (χ0n) is 14.1. The Bertz CT molecular complexity index is 685. The van der Waals surface area contributed by atoms with Gasteiger partial charge in [0, 0.05) is 22.8 Å². The van der Waals surface area contributed by atoms with Crippen LogP contribution in [-0.2, 0) is 17.6 Å². The minimum absolute atomic E-state index is 0.0622. The number of fused-ring (bicyclic) bond motifs is 1. The molecule has 0 bridgehead atoms. The number of nitrogens with one attached hydrogen (secondary N) is 1. The summed E-state index contributed by atoms with van der Waals surface area (Å²) in [4.78, 5) is 29.9. The van der Waals surface area contributed by atoms with Gasteiger partial charge in [-0.1, -0.05) is 36.4 Å². The van der Waals surface area contributed by atoms with Crippen LogP contribution in [0.25, 0.3) is 0 Å². The van der Waals surface area contributed by atoms with Gasteiger partial charge in [0.2, 0.25) is 5.91 Å². The summed E-state index contributed by atoms with van der Waals surface area (Å²) in [5.74, 6) is 1.25. The average molecular weight is 398 g/mol. The van der Waals surface area contributed by atoms with Crippen LogP contribution >= 0.6 is 34.9 Å². The third-order valence-corrected chi connectivity index (χ3v) is 7.74. The van der Waals surface area contributed by atoms with Crippen molar-refractivity contribution >= 4 is 56.1 Å². The highest BCUT2D eigenvalue weighted by molar-refractivity contribution is 8.39. The van der Waals surface area contributed by atoms with E-state index in [0.29, 0.717) is 22.7 Å². The SMILES string of the molecule is NC(=O)c1c(NC(=O)CCSC2=NCCS2)sc2c1CCCCCC2. The zero-order chi connectivity index (χ0) is 17.6. The van der Waals surface area contributed by atoms with E-state index in [1.54, 1.807) is 23.5 Å². The molecule has 0 radical (unpaired) electrons. The van der Waals surface area contributed by atoms with Crippen LogP contribution in [0.5, 0.6) is 0 Å². The van der Waals surface area contributed by atoms with Gasteiger partial charge in [0.05, 0.1) is 12.1 Å². The van der Waals surface area contributed by atoms with Gasteiger partial charge in [-0.25, -0.2) is 0 Å². The molecule has 0 atom stereocenters. The van der Waals surface area contributed by atoms with Crippen molar-refractivity contribution in [1.82, 2.24) is 0 Å². The van der Waals surface area contributed by atoms with Gasteiger partial charge in [-0.3, -0.25) is 14.6 Å². The van der Waals surface area contributed by atoms with Gasteiger partial charge in [-0.15, -0.1) is 11.3 Å². The Morgan fingerprint density at radius 1 is 1.20 bits per heavy atom. The second-order valence-corrected chi connectivity index (χ2v) is 9.66. The standard InChI is InChI=1S/C17H23N3O2S3/c18-15(22)14-11-5-3-1-2-4-6-12(11)25-16(14)20-13(21)7-9-23-17-19-8-10-24-17/h1-10H2,(H2,18,22)(H,20,21). The lowest BCUT2D eigenvalue weighted by molar-refractivity contribution is -0.115. The van der Waals surface area contributed by atoms with Gasteiger partial charge in [0.1, 0.15) is 9.38 Å². The molecule has 1 aliphatic heterocycles. The topological polar surface area (TPSA) is 84.5 Å². The normalized spacial score (nSPS) is 17.4. The van der Waals surface area contributed by atoms with E-state index in [1.807, 2.05) is 0 Å². The molecule has 0 saturated carbocycles. The summed E-state index contributed by atoms with van der Waals surface area (Å²) >= 11 is 4.91. The number of carbonyl (C=O) groups excluding carboxylic acids is 2. The van der Waals surface area contributed by atoms with Gasteiger partial charge in [0.15, 0.2) is 0 Å². The zero-order valence-corrected chi connectivity index (χ0v) is 16.6. The van der Waals surface area contributed by atoms with Crippen LogP contribution < -0.4 is 11.1 Å². The number of nitrogens with zero attached hydrogens (tertiary/aromatic N) is 1. The maximum absolute atomic E-state index is 12.3. The van der Waals surface area contributed by atoms with Crippen LogP contribution in [0.1, 0.15) is 52.9 Å². The number of thioether (sulfide) groups is 2. The maximum atomic E-state index is 12.3. The number of primary amides is 1. The second-order valence-electron chi connectivity index (χ2n) is 6.13. The molecule has 25 heavy (non-hydrogen) atoms. The van der Waals surface area contributed by atoms with Crippen molar-refractivity contribution in [2.75, 3.05) is 23.4 Å².